The van der Waals surface area contributed by atoms with Gasteiger partial charge >= 0.3 is 0 Å². The smallest absolute Gasteiger partial charge is 0.228 e. The fourth-order valence-electron chi connectivity index (χ4n) is 1.60. The third kappa shape index (κ3) is 3.23. The summed E-state index contributed by atoms with van der Waals surface area (Å²) >= 11 is 4.89. The number of aromatic nitrogens is 2. The van der Waals surface area contributed by atoms with E-state index in [1.165, 1.54) is 6.07 Å². The Labute approximate surface area is 115 Å². The number of hydrogen-bond donors (Lipinski definition) is 2. The van der Waals surface area contributed by atoms with Crippen molar-refractivity contribution in [2.75, 3.05) is 5.32 Å². The Kier molecular flexibility index (Phi) is 3.71. The van der Waals surface area contributed by atoms with E-state index in [2.05, 4.69) is 15.3 Å². The molecule has 0 aliphatic carbocycles. The molecular formula is C13H13FN4S. The van der Waals surface area contributed by atoms with Crippen molar-refractivity contribution in [2.45, 2.75) is 13.8 Å². The summed E-state index contributed by atoms with van der Waals surface area (Å²) in [5.41, 5.74) is 8.06. The second kappa shape index (κ2) is 5.27. The average Bonchev–Trinajstić information content (AvgIpc) is 2.33. The third-order valence-corrected chi connectivity index (χ3v) is 2.73. The van der Waals surface area contributed by atoms with Crippen molar-refractivity contribution in [1.82, 2.24) is 9.97 Å². The second-order valence-corrected chi connectivity index (χ2v) is 4.61. The molecule has 4 nitrogen and oxygen atoms in total. The summed E-state index contributed by atoms with van der Waals surface area (Å²) in [6.45, 7) is 3.52. The summed E-state index contributed by atoms with van der Waals surface area (Å²) < 4.78 is 13.2. The van der Waals surface area contributed by atoms with Crippen LogP contribution in [0.2, 0.25) is 0 Å². The van der Waals surface area contributed by atoms with E-state index >= 15 is 0 Å². The van der Waals surface area contributed by atoms with E-state index in [1.54, 1.807) is 25.1 Å². The minimum Gasteiger partial charge on any atom is -0.388 e. The van der Waals surface area contributed by atoms with Gasteiger partial charge in [-0.25, -0.2) is 14.4 Å². The lowest BCUT2D eigenvalue weighted by Gasteiger charge is -2.08. The van der Waals surface area contributed by atoms with Gasteiger partial charge in [0.25, 0.3) is 0 Å². The number of halogens is 1. The van der Waals surface area contributed by atoms with Gasteiger partial charge in [-0.05, 0) is 43.7 Å². The molecule has 0 bridgehead atoms. The number of benzene rings is 1. The van der Waals surface area contributed by atoms with E-state index in [-0.39, 0.29) is 10.8 Å². The van der Waals surface area contributed by atoms with E-state index in [1.807, 2.05) is 6.92 Å². The lowest BCUT2D eigenvalue weighted by Crippen LogP contribution is -2.13. The first-order chi connectivity index (χ1) is 8.95. The molecule has 0 spiro atoms. The molecule has 0 saturated heterocycles. The van der Waals surface area contributed by atoms with Crippen molar-refractivity contribution < 1.29 is 4.39 Å². The molecule has 2 aromatic rings. The summed E-state index contributed by atoms with van der Waals surface area (Å²) in [6.07, 6.45) is 0. The van der Waals surface area contributed by atoms with Crippen LogP contribution in [0.4, 0.5) is 16.0 Å². The van der Waals surface area contributed by atoms with Crippen LogP contribution < -0.4 is 11.1 Å². The maximum atomic E-state index is 13.2. The molecule has 0 radical (unpaired) electrons. The Morgan fingerprint density at radius 3 is 2.63 bits per heavy atom. The molecule has 3 N–H and O–H groups in total. The van der Waals surface area contributed by atoms with Gasteiger partial charge in [0.1, 0.15) is 16.5 Å². The minimum atomic E-state index is -0.250. The molecule has 1 aromatic heterocycles. The lowest BCUT2D eigenvalue weighted by atomic mass is 10.2. The Balaban J connectivity index is 2.32. The van der Waals surface area contributed by atoms with Gasteiger partial charge in [0.15, 0.2) is 0 Å². The molecular weight excluding hydrogens is 263 g/mol. The highest BCUT2D eigenvalue weighted by Crippen LogP contribution is 2.17. The standard InChI is InChI=1S/C13H13FN4S/c1-7-5-9(3-4-10(7)14)17-13-16-8(2)6-11(18-13)12(15)19/h3-6H,1-2H3,(H2,15,19)(H,16,17,18). The van der Waals surface area contributed by atoms with Crippen LogP contribution in [0, 0.1) is 19.7 Å². The van der Waals surface area contributed by atoms with Crippen molar-refractivity contribution in [3.05, 3.63) is 47.0 Å². The number of aryl methyl sites for hydroxylation is 2. The zero-order chi connectivity index (χ0) is 14.0. The molecule has 19 heavy (non-hydrogen) atoms. The Hall–Kier alpha value is -2.08. The van der Waals surface area contributed by atoms with Gasteiger partial charge < -0.3 is 11.1 Å². The molecule has 2 rings (SSSR count). The predicted octanol–water partition coefficient (Wildman–Crippen LogP) is 2.61. The molecule has 0 fully saturated rings. The van der Waals surface area contributed by atoms with E-state index in [0.29, 0.717) is 22.9 Å². The van der Waals surface area contributed by atoms with Gasteiger partial charge in [-0.3, -0.25) is 0 Å². The van der Waals surface area contributed by atoms with E-state index in [0.717, 1.165) is 5.69 Å². The Bertz CT molecular complexity index is 643. The number of rotatable bonds is 3. The average molecular weight is 276 g/mol. The van der Waals surface area contributed by atoms with Crippen molar-refractivity contribution in [3.8, 4) is 0 Å². The van der Waals surface area contributed by atoms with Crippen LogP contribution in [-0.4, -0.2) is 15.0 Å². The van der Waals surface area contributed by atoms with Gasteiger partial charge in [-0.1, -0.05) is 12.2 Å². The zero-order valence-electron chi connectivity index (χ0n) is 10.6. The summed E-state index contributed by atoms with van der Waals surface area (Å²) in [6, 6.07) is 6.40. The molecule has 98 valence electrons. The third-order valence-electron chi connectivity index (χ3n) is 2.52. The second-order valence-electron chi connectivity index (χ2n) is 4.17. The highest BCUT2D eigenvalue weighted by Gasteiger charge is 2.06. The molecule has 0 unspecified atom stereocenters. The number of nitrogens with zero attached hydrogens (tertiary/aromatic N) is 2. The fourth-order valence-corrected chi connectivity index (χ4v) is 1.71. The topological polar surface area (TPSA) is 63.8 Å². The lowest BCUT2D eigenvalue weighted by molar-refractivity contribution is 0.619. The molecule has 0 aliphatic heterocycles. The molecule has 1 heterocycles. The van der Waals surface area contributed by atoms with Crippen LogP contribution in [0.1, 0.15) is 17.0 Å². The normalized spacial score (nSPS) is 10.3. The predicted molar refractivity (Wildman–Crippen MR) is 77.1 cm³/mol. The van der Waals surface area contributed by atoms with Gasteiger partial charge in [-0.2, -0.15) is 0 Å². The van der Waals surface area contributed by atoms with Gasteiger partial charge in [-0.15, -0.1) is 0 Å². The number of nitrogens with one attached hydrogen (secondary N) is 1. The first kappa shape index (κ1) is 13.4. The molecule has 0 atom stereocenters. The maximum absolute atomic E-state index is 13.2. The van der Waals surface area contributed by atoms with Gasteiger partial charge in [0, 0.05) is 11.4 Å². The summed E-state index contributed by atoms with van der Waals surface area (Å²) in [5.74, 6) is 0.133. The van der Waals surface area contributed by atoms with Crippen LogP contribution in [0.15, 0.2) is 24.3 Å². The minimum absolute atomic E-state index is 0.212. The van der Waals surface area contributed by atoms with Crippen molar-refractivity contribution in [3.63, 3.8) is 0 Å². The summed E-state index contributed by atoms with van der Waals surface area (Å²) in [4.78, 5) is 8.64. The fraction of sp³-hybridized carbons (Fsp3) is 0.154. The highest BCUT2D eigenvalue weighted by atomic mass is 32.1. The van der Waals surface area contributed by atoms with Gasteiger partial charge in [0.2, 0.25) is 5.95 Å². The zero-order valence-corrected chi connectivity index (χ0v) is 11.4. The summed E-state index contributed by atoms with van der Waals surface area (Å²) in [5, 5.41) is 3.00. The van der Waals surface area contributed by atoms with Crippen molar-refractivity contribution >= 4 is 28.8 Å². The number of hydrogen-bond acceptors (Lipinski definition) is 4. The van der Waals surface area contributed by atoms with E-state index in [9.17, 15) is 4.39 Å². The van der Waals surface area contributed by atoms with Gasteiger partial charge in [0.05, 0.1) is 0 Å². The van der Waals surface area contributed by atoms with E-state index < -0.39 is 0 Å². The Morgan fingerprint density at radius 1 is 1.26 bits per heavy atom. The van der Waals surface area contributed by atoms with Crippen LogP contribution in [0.3, 0.4) is 0 Å². The quantitative estimate of drug-likeness (QED) is 0.844. The molecule has 0 aliphatic rings. The first-order valence-corrected chi connectivity index (χ1v) is 6.05. The number of nitrogens with two attached hydrogens (primary N) is 1. The van der Waals surface area contributed by atoms with Crippen LogP contribution in [-0.2, 0) is 0 Å². The molecule has 0 saturated carbocycles. The summed E-state index contributed by atoms with van der Waals surface area (Å²) in [7, 11) is 0. The monoisotopic (exact) mass is 276 g/mol. The van der Waals surface area contributed by atoms with Crippen molar-refractivity contribution in [1.29, 1.82) is 0 Å². The SMILES string of the molecule is Cc1cc(C(N)=S)nc(Nc2ccc(F)c(C)c2)n1. The molecule has 1 aromatic carbocycles. The van der Waals surface area contributed by atoms with E-state index in [4.69, 9.17) is 18.0 Å². The van der Waals surface area contributed by atoms with Crippen LogP contribution >= 0.6 is 12.2 Å². The van der Waals surface area contributed by atoms with Crippen LogP contribution in [0.5, 0.6) is 0 Å². The highest BCUT2D eigenvalue weighted by molar-refractivity contribution is 7.80. The number of anilines is 2. The van der Waals surface area contributed by atoms with Crippen molar-refractivity contribution in [2.24, 2.45) is 5.73 Å². The van der Waals surface area contributed by atoms with Crippen LogP contribution in [0.25, 0.3) is 0 Å². The Morgan fingerprint density at radius 2 is 2.00 bits per heavy atom. The molecule has 6 heteroatoms. The molecule has 0 amide bonds. The largest absolute Gasteiger partial charge is 0.388 e. The number of thiocarbonyl (C=S) groups is 1. The maximum Gasteiger partial charge on any atom is 0.228 e. The first-order valence-electron chi connectivity index (χ1n) is 5.64.